The smallest absolute Gasteiger partial charge is 0.253 e. The first-order chi connectivity index (χ1) is 9.15. The van der Waals surface area contributed by atoms with E-state index in [0.29, 0.717) is 10.6 Å². The highest BCUT2D eigenvalue weighted by Gasteiger charge is 2.32. The minimum Gasteiger partial charge on any atom is -0.336 e. The summed E-state index contributed by atoms with van der Waals surface area (Å²) in [4.78, 5) is 16.8. The lowest BCUT2D eigenvalue weighted by Crippen LogP contribution is -2.49. The Morgan fingerprint density at radius 3 is 2.47 bits per heavy atom. The third-order valence-corrected chi connectivity index (χ3v) is 5.05. The van der Waals surface area contributed by atoms with Crippen LogP contribution in [-0.4, -0.2) is 47.9 Å². The molecule has 1 heterocycles. The summed E-state index contributed by atoms with van der Waals surface area (Å²) >= 11 is 9.32. The SMILES string of the molecule is O=C(c1ccc(Cl)c(Br)c1)N1CCN(C2CC2)CC1. The molecule has 3 rings (SSSR count). The van der Waals surface area contributed by atoms with Crippen molar-refractivity contribution in [3.05, 3.63) is 33.3 Å². The molecule has 1 aromatic carbocycles. The van der Waals surface area contributed by atoms with E-state index in [0.717, 1.165) is 36.7 Å². The van der Waals surface area contributed by atoms with E-state index in [1.54, 1.807) is 18.2 Å². The molecule has 0 radical (unpaired) electrons. The Hall–Kier alpha value is -0.580. The van der Waals surface area contributed by atoms with Crippen LogP contribution in [0.2, 0.25) is 5.02 Å². The van der Waals surface area contributed by atoms with Gasteiger partial charge in [0.2, 0.25) is 0 Å². The molecule has 0 aromatic heterocycles. The first-order valence-electron chi connectivity index (χ1n) is 6.63. The van der Waals surface area contributed by atoms with Crippen LogP contribution in [0.4, 0.5) is 0 Å². The molecule has 1 aromatic rings. The fourth-order valence-electron chi connectivity index (χ4n) is 2.54. The van der Waals surface area contributed by atoms with Crippen molar-refractivity contribution in [1.82, 2.24) is 9.80 Å². The van der Waals surface area contributed by atoms with Gasteiger partial charge in [0, 0.05) is 42.3 Å². The fraction of sp³-hybridized carbons (Fsp3) is 0.500. The van der Waals surface area contributed by atoms with Crippen molar-refractivity contribution < 1.29 is 4.79 Å². The van der Waals surface area contributed by atoms with Gasteiger partial charge in [-0.1, -0.05) is 11.6 Å². The second kappa shape index (κ2) is 5.43. The summed E-state index contributed by atoms with van der Waals surface area (Å²) in [6.07, 6.45) is 2.66. The number of carbonyl (C=O) groups is 1. The van der Waals surface area contributed by atoms with Gasteiger partial charge in [0.05, 0.1) is 5.02 Å². The van der Waals surface area contributed by atoms with Crippen LogP contribution in [-0.2, 0) is 0 Å². The van der Waals surface area contributed by atoms with Crippen LogP contribution in [0.15, 0.2) is 22.7 Å². The van der Waals surface area contributed by atoms with Gasteiger partial charge in [0.1, 0.15) is 0 Å². The molecular formula is C14H16BrClN2O. The Morgan fingerprint density at radius 1 is 1.21 bits per heavy atom. The summed E-state index contributed by atoms with van der Waals surface area (Å²) in [6, 6.07) is 6.15. The quantitative estimate of drug-likeness (QED) is 0.824. The first kappa shape index (κ1) is 13.4. The predicted octanol–water partition coefficient (Wildman–Crippen LogP) is 3.02. The summed E-state index contributed by atoms with van der Waals surface area (Å²) in [5.41, 5.74) is 0.705. The maximum atomic E-state index is 12.4. The minimum absolute atomic E-state index is 0.104. The molecule has 0 bridgehead atoms. The zero-order valence-electron chi connectivity index (χ0n) is 10.6. The molecule has 5 heteroatoms. The van der Waals surface area contributed by atoms with Crippen molar-refractivity contribution in [2.24, 2.45) is 0 Å². The van der Waals surface area contributed by atoms with Gasteiger partial charge in [-0.3, -0.25) is 9.69 Å². The molecule has 0 spiro atoms. The largest absolute Gasteiger partial charge is 0.336 e. The van der Waals surface area contributed by atoms with Crippen LogP contribution in [0, 0.1) is 0 Å². The number of nitrogens with zero attached hydrogens (tertiary/aromatic N) is 2. The van der Waals surface area contributed by atoms with Crippen molar-refractivity contribution in [2.45, 2.75) is 18.9 Å². The molecule has 1 aliphatic heterocycles. The van der Waals surface area contributed by atoms with E-state index in [1.807, 2.05) is 4.90 Å². The van der Waals surface area contributed by atoms with E-state index in [2.05, 4.69) is 20.8 Å². The lowest BCUT2D eigenvalue weighted by atomic mass is 10.2. The zero-order chi connectivity index (χ0) is 13.4. The van der Waals surface area contributed by atoms with Crippen molar-refractivity contribution >= 4 is 33.4 Å². The Labute approximate surface area is 126 Å². The molecule has 19 heavy (non-hydrogen) atoms. The molecule has 2 aliphatic rings. The molecule has 3 nitrogen and oxygen atoms in total. The van der Waals surface area contributed by atoms with Crippen molar-refractivity contribution in [2.75, 3.05) is 26.2 Å². The standard InChI is InChI=1S/C14H16BrClN2O/c15-12-9-10(1-4-13(12)16)14(19)18-7-5-17(6-8-18)11-2-3-11/h1,4,9,11H,2-3,5-8H2. The molecule has 2 fully saturated rings. The summed E-state index contributed by atoms with van der Waals surface area (Å²) in [5.74, 6) is 0.104. The Bertz CT molecular complexity index is 496. The maximum absolute atomic E-state index is 12.4. The van der Waals surface area contributed by atoms with Crippen LogP contribution in [0.3, 0.4) is 0 Å². The highest BCUT2D eigenvalue weighted by molar-refractivity contribution is 9.10. The Morgan fingerprint density at radius 2 is 1.89 bits per heavy atom. The van der Waals surface area contributed by atoms with Crippen LogP contribution in [0.1, 0.15) is 23.2 Å². The second-order valence-electron chi connectivity index (χ2n) is 5.19. The molecule has 0 atom stereocenters. The van der Waals surface area contributed by atoms with E-state index >= 15 is 0 Å². The van der Waals surface area contributed by atoms with E-state index in [4.69, 9.17) is 11.6 Å². The number of halogens is 2. The lowest BCUT2D eigenvalue weighted by Gasteiger charge is -2.34. The first-order valence-corrected chi connectivity index (χ1v) is 7.80. The average molecular weight is 344 g/mol. The lowest BCUT2D eigenvalue weighted by molar-refractivity contribution is 0.0627. The van der Waals surface area contributed by atoms with Crippen molar-refractivity contribution in [3.8, 4) is 0 Å². The van der Waals surface area contributed by atoms with Crippen molar-refractivity contribution in [1.29, 1.82) is 0 Å². The molecule has 1 saturated carbocycles. The third-order valence-electron chi connectivity index (χ3n) is 3.83. The summed E-state index contributed by atoms with van der Waals surface area (Å²) in [7, 11) is 0. The van der Waals surface area contributed by atoms with E-state index in [-0.39, 0.29) is 5.91 Å². The Balaban J connectivity index is 1.65. The number of benzene rings is 1. The van der Waals surface area contributed by atoms with E-state index in [9.17, 15) is 4.79 Å². The average Bonchev–Trinajstić information content (AvgIpc) is 3.26. The zero-order valence-corrected chi connectivity index (χ0v) is 13.0. The van der Waals surface area contributed by atoms with Gasteiger partial charge in [0.15, 0.2) is 0 Å². The summed E-state index contributed by atoms with van der Waals surface area (Å²) in [6.45, 7) is 3.67. The third kappa shape index (κ3) is 2.96. The van der Waals surface area contributed by atoms with Gasteiger partial charge in [-0.2, -0.15) is 0 Å². The van der Waals surface area contributed by atoms with Crippen LogP contribution in [0.5, 0.6) is 0 Å². The van der Waals surface area contributed by atoms with Gasteiger partial charge < -0.3 is 4.90 Å². The Kier molecular flexibility index (Phi) is 3.83. The molecule has 1 amide bonds. The van der Waals surface area contributed by atoms with Gasteiger partial charge >= 0.3 is 0 Å². The number of hydrogen-bond donors (Lipinski definition) is 0. The molecule has 0 N–H and O–H groups in total. The number of carbonyl (C=O) groups excluding carboxylic acids is 1. The fourth-order valence-corrected chi connectivity index (χ4v) is 3.04. The molecule has 0 unspecified atom stereocenters. The van der Waals surface area contributed by atoms with E-state index in [1.165, 1.54) is 12.8 Å². The monoisotopic (exact) mass is 342 g/mol. The summed E-state index contributed by atoms with van der Waals surface area (Å²) < 4.78 is 0.775. The summed E-state index contributed by atoms with van der Waals surface area (Å²) in [5, 5.41) is 0.634. The number of rotatable bonds is 2. The maximum Gasteiger partial charge on any atom is 0.253 e. The van der Waals surface area contributed by atoms with Crippen LogP contribution < -0.4 is 0 Å². The molecular weight excluding hydrogens is 328 g/mol. The molecule has 1 aliphatic carbocycles. The van der Waals surface area contributed by atoms with Crippen LogP contribution in [0.25, 0.3) is 0 Å². The normalized spacial score (nSPS) is 20.6. The highest BCUT2D eigenvalue weighted by atomic mass is 79.9. The number of amides is 1. The second-order valence-corrected chi connectivity index (χ2v) is 6.45. The van der Waals surface area contributed by atoms with Gasteiger partial charge in [-0.05, 0) is 47.0 Å². The minimum atomic E-state index is 0.104. The molecule has 102 valence electrons. The number of hydrogen-bond acceptors (Lipinski definition) is 2. The van der Waals surface area contributed by atoms with Gasteiger partial charge in [0.25, 0.3) is 5.91 Å². The van der Waals surface area contributed by atoms with Crippen LogP contribution >= 0.6 is 27.5 Å². The van der Waals surface area contributed by atoms with E-state index < -0.39 is 0 Å². The van der Waals surface area contributed by atoms with Crippen molar-refractivity contribution in [3.63, 3.8) is 0 Å². The number of piperazine rings is 1. The van der Waals surface area contributed by atoms with Gasteiger partial charge in [-0.25, -0.2) is 0 Å². The predicted molar refractivity (Wildman–Crippen MR) is 79.7 cm³/mol. The van der Waals surface area contributed by atoms with Gasteiger partial charge in [-0.15, -0.1) is 0 Å². The highest BCUT2D eigenvalue weighted by Crippen LogP contribution is 2.28. The molecule has 1 saturated heterocycles. The topological polar surface area (TPSA) is 23.6 Å².